The molecule has 32 heavy (non-hydrogen) atoms. The third-order valence-corrected chi connectivity index (χ3v) is 5.73. The standard InChI is InChI=1S/C26H25N3O3/c1-4-18-5-7-20(8-6-18)29(2)21-9-10-22-19(12-14-32-25(22)15-21)16-28-24-17-27-13-11-23(24)26(30)31-3/h1,5-11,13,15,17,19,28H,12,14,16H2,2-3H3/t19-/m0/s1. The van der Waals surface area contributed by atoms with E-state index in [1.165, 1.54) is 7.11 Å². The second-order valence-corrected chi connectivity index (χ2v) is 7.60. The summed E-state index contributed by atoms with van der Waals surface area (Å²) in [5, 5.41) is 3.37. The van der Waals surface area contributed by atoms with Crippen LogP contribution in [0, 0.1) is 12.3 Å². The zero-order chi connectivity index (χ0) is 22.5. The Balaban J connectivity index is 1.51. The zero-order valence-corrected chi connectivity index (χ0v) is 18.2. The topological polar surface area (TPSA) is 63.7 Å². The number of aromatic nitrogens is 1. The lowest BCUT2D eigenvalue weighted by atomic mass is 9.92. The quantitative estimate of drug-likeness (QED) is 0.458. The fraction of sp³-hybridized carbons (Fsp3) is 0.231. The number of carbonyl (C=O) groups excluding carboxylic acids is 1. The number of nitrogens with zero attached hydrogens (tertiary/aromatic N) is 2. The summed E-state index contributed by atoms with van der Waals surface area (Å²) in [5.41, 5.74) is 5.22. The van der Waals surface area contributed by atoms with Crippen molar-refractivity contribution in [1.29, 1.82) is 0 Å². The van der Waals surface area contributed by atoms with Crippen molar-refractivity contribution in [3.05, 3.63) is 77.6 Å². The van der Waals surface area contributed by atoms with Crippen molar-refractivity contribution in [3.63, 3.8) is 0 Å². The van der Waals surface area contributed by atoms with Gasteiger partial charge >= 0.3 is 5.97 Å². The Hall–Kier alpha value is -3.98. The summed E-state index contributed by atoms with van der Waals surface area (Å²) in [6.07, 6.45) is 9.57. The Morgan fingerprint density at radius 2 is 2.03 bits per heavy atom. The molecule has 0 fully saturated rings. The van der Waals surface area contributed by atoms with Crippen LogP contribution in [-0.4, -0.2) is 38.3 Å². The van der Waals surface area contributed by atoms with E-state index in [1.54, 1.807) is 18.5 Å². The zero-order valence-electron chi connectivity index (χ0n) is 18.2. The molecular formula is C26H25N3O3. The van der Waals surface area contributed by atoms with Crippen LogP contribution in [0.15, 0.2) is 60.9 Å². The van der Waals surface area contributed by atoms with Crippen LogP contribution >= 0.6 is 0 Å². The molecule has 0 amide bonds. The first kappa shape index (κ1) is 21.3. The molecular weight excluding hydrogens is 402 g/mol. The largest absolute Gasteiger partial charge is 0.493 e. The second kappa shape index (κ2) is 9.44. The number of hydrogen-bond acceptors (Lipinski definition) is 6. The summed E-state index contributed by atoms with van der Waals surface area (Å²) in [6.45, 7) is 1.30. The molecule has 1 aliphatic rings. The van der Waals surface area contributed by atoms with Crippen molar-refractivity contribution in [3.8, 4) is 18.1 Å². The number of esters is 1. The van der Waals surface area contributed by atoms with Gasteiger partial charge in [-0.1, -0.05) is 12.0 Å². The minimum absolute atomic E-state index is 0.249. The van der Waals surface area contributed by atoms with Gasteiger partial charge in [0.1, 0.15) is 5.75 Å². The van der Waals surface area contributed by atoms with Crippen molar-refractivity contribution in [1.82, 2.24) is 4.98 Å². The highest BCUT2D eigenvalue weighted by atomic mass is 16.5. The SMILES string of the molecule is C#Cc1ccc(N(C)c2ccc3c(c2)OCC[C@H]3CNc2cnccc2C(=O)OC)cc1. The van der Waals surface area contributed by atoms with Gasteiger partial charge in [0.2, 0.25) is 0 Å². The predicted molar refractivity (Wildman–Crippen MR) is 126 cm³/mol. The van der Waals surface area contributed by atoms with E-state index in [-0.39, 0.29) is 11.9 Å². The molecule has 1 atom stereocenters. The Bertz CT molecular complexity index is 1150. The molecule has 0 spiro atoms. The van der Waals surface area contributed by atoms with Crippen molar-refractivity contribution in [2.75, 3.05) is 37.5 Å². The Labute approximate surface area is 188 Å². The fourth-order valence-corrected chi connectivity index (χ4v) is 3.86. The summed E-state index contributed by atoms with van der Waals surface area (Å²) >= 11 is 0. The molecule has 162 valence electrons. The van der Waals surface area contributed by atoms with Gasteiger partial charge in [-0.05, 0) is 48.4 Å². The lowest BCUT2D eigenvalue weighted by Gasteiger charge is -2.28. The highest BCUT2D eigenvalue weighted by Gasteiger charge is 2.23. The second-order valence-electron chi connectivity index (χ2n) is 7.60. The monoisotopic (exact) mass is 427 g/mol. The van der Waals surface area contributed by atoms with E-state index in [2.05, 4.69) is 39.3 Å². The summed E-state index contributed by atoms with van der Waals surface area (Å²) in [7, 11) is 3.39. The molecule has 0 unspecified atom stereocenters. The molecule has 0 saturated heterocycles. The number of fused-ring (bicyclic) bond motifs is 1. The molecule has 6 nitrogen and oxygen atoms in total. The van der Waals surface area contributed by atoms with E-state index in [4.69, 9.17) is 15.9 Å². The molecule has 2 aromatic carbocycles. The predicted octanol–water partition coefficient (Wildman–Crippen LogP) is 4.60. The number of rotatable bonds is 6. The fourth-order valence-electron chi connectivity index (χ4n) is 3.86. The Kier molecular flexibility index (Phi) is 6.27. The van der Waals surface area contributed by atoms with Gasteiger partial charge in [-0.2, -0.15) is 0 Å². The van der Waals surface area contributed by atoms with Crippen molar-refractivity contribution in [2.24, 2.45) is 0 Å². The van der Waals surface area contributed by atoms with Gasteiger partial charge in [-0.3, -0.25) is 4.98 Å². The van der Waals surface area contributed by atoms with Crippen LogP contribution in [0.5, 0.6) is 5.75 Å². The van der Waals surface area contributed by atoms with Gasteiger partial charge in [0.15, 0.2) is 0 Å². The normalized spacial score (nSPS) is 14.5. The van der Waals surface area contributed by atoms with Crippen molar-refractivity contribution < 1.29 is 14.3 Å². The van der Waals surface area contributed by atoms with Crippen LogP contribution in [0.4, 0.5) is 17.1 Å². The van der Waals surface area contributed by atoms with Gasteiger partial charge in [0.05, 0.1) is 31.2 Å². The van der Waals surface area contributed by atoms with Crippen LogP contribution in [0.1, 0.15) is 33.8 Å². The van der Waals surface area contributed by atoms with Gasteiger partial charge in [0.25, 0.3) is 0 Å². The molecule has 3 aromatic rings. The van der Waals surface area contributed by atoms with E-state index < -0.39 is 0 Å². The lowest BCUT2D eigenvalue weighted by Crippen LogP contribution is -2.22. The molecule has 4 rings (SSSR count). The highest BCUT2D eigenvalue weighted by Crippen LogP contribution is 2.38. The first-order valence-electron chi connectivity index (χ1n) is 10.4. The number of pyridine rings is 1. The van der Waals surface area contributed by atoms with E-state index in [0.717, 1.165) is 34.7 Å². The Morgan fingerprint density at radius 1 is 1.25 bits per heavy atom. The van der Waals surface area contributed by atoms with E-state index in [0.29, 0.717) is 24.4 Å². The maximum absolute atomic E-state index is 12.0. The molecule has 0 bridgehead atoms. The first-order valence-corrected chi connectivity index (χ1v) is 10.4. The van der Waals surface area contributed by atoms with Crippen LogP contribution < -0.4 is 15.0 Å². The van der Waals surface area contributed by atoms with E-state index >= 15 is 0 Å². The van der Waals surface area contributed by atoms with Crippen LogP contribution in [0.3, 0.4) is 0 Å². The van der Waals surface area contributed by atoms with Crippen LogP contribution in [0.25, 0.3) is 0 Å². The summed E-state index contributed by atoms with van der Waals surface area (Å²) in [5.74, 6) is 3.39. The number of hydrogen-bond donors (Lipinski definition) is 1. The average Bonchev–Trinajstić information content (AvgIpc) is 2.86. The smallest absolute Gasteiger partial charge is 0.340 e. The minimum Gasteiger partial charge on any atom is -0.493 e. The average molecular weight is 428 g/mol. The lowest BCUT2D eigenvalue weighted by molar-refractivity contribution is 0.0601. The Morgan fingerprint density at radius 3 is 2.78 bits per heavy atom. The number of methoxy groups -OCH3 is 1. The van der Waals surface area contributed by atoms with Gasteiger partial charge in [0, 0.05) is 48.7 Å². The van der Waals surface area contributed by atoms with Crippen molar-refractivity contribution >= 4 is 23.0 Å². The number of anilines is 3. The molecule has 1 aromatic heterocycles. The molecule has 0 aliphatic carbocycles. The van der Waals surface area contributed by atoms with E-state index in [1.807, 2.05) is 31.3 Å². The summed E-state index contributed by atoms with van der Waals surface area (Å²) < 4.78 is 10.8. The van der Waals surface area contributed by atoms with E-state index in [9.17, 15) is 4.79 Å². The van der Waals surface area contributed by atoms with Gasteiger partial charge in [-0.15, -0.1) is 6.42 Å². The number of benzene rings is 2. The third kappa shape index (κ3) is 4.37. The number of carbonyl (C=O) groups is 1. The molecule has 1 aliphatic heterocycles. The van der Waals surface area contributed by atoms with Crippen LogP contribution in [-0.2, 0) is 4.74 Å². The maximum atomic E-state index is 12.0. The molecule has 2 heterocycles. The minimum atomic E-state index is -0.384. The first-order chi connectivity index (χ1) is 15.6. The number of terminal acetylenes is 1. The van der Waals surface area contributed by atoms with Crippen LogP contribution in [0.2, 0.25) is 0 Å². The highest BCUT2D eigenvalue weighted by molar-refractivity contribution is 5.95. The molecule has 1 N–H and O–H groups in total. The summed E-state index contributed by atoms with van der Waals surface area (Å²) in [4.78, 5) is 18.2. The number of ether oxygens (including phenoxy) is 2. The molecule has 6 heteroatoms. The van der Waals surface area contributed by atoms with Gasteiger partial charge in [-0.25, -0.2) is 4.79 Å². The maximum Gasteiger partial charge on any atom is 0.340 e. The van der Waals surface area contributed by atoms with Crippen molar-refractivity contribution in [2.45, 2.75) is 12.3 Å². The molecule has 0 saturated carbocycles. The summed E-state index contributed by atoms with van der Waals surface area (Å²) in [6, 6.07) is 15.8. The molecule has 0 radical (unpaired) electrons. The van der Waals surface area contributed by atoms with Gasteiger partial charge < -0.3 is 19.7 Å². The number of nitrogens with one attached hydrogen (secondary N) is 1. The third-order valence-electron chi connectivity index (χ3n) is 5.73.